The van der Waals surface area contributed by atoms with Gasteiger partial charge in [0.05, 0.1) is 11.3 Å². The number of benzene rings is 2. The number of ketones is 1. The van der Waals surface area contributed by atoms with E-state index >= 15 is 0 Å². The van der Waals surface area contributed by atoms with Gasteiger partial charge >= 0.3 is 0 Å². The molecule has 0 atom stereocenters. The van der Waals surface area contributed by atoms with Crippen LogP contribution >= 0.6 is 23.2 Å². The average Bonchev–Trinajstić information content (AvgIpc) is 3.18. The highest BCUT2D eigenvalue weighted by molar-refractivity contribution is 6.35. The summed E-state index contributed by atoms with van der Waals surface area (Å²) in [7, 11) is 0. The second-order valence-corrected chi connectivity index (χ2v) is 8.19. The molecule has 0 aliphatic carbocycles. The Morgan fingerprint density at radius 1 is 1.03 bits per heavy atom. The molecule has 2 aromatic heterocycles. The Kier molecular flexibility index (Phi) is 6.77. The highest BCUT2D eigenvalue weighted by atomic mass is 35.5. The number of pyridine rings is 1. The highest BCUT2D eigenvalue weighted by Gasteiger charge is 2.27. The van der Waals surface area contributed by atoms with Gasteiger partial charge in [0.1, 0.15) is 5.82 Å². The molecule has 0 aliphatic heterocycles. The van der Waals surface area contributed by atoms with Gasteiger partial charge in [0.25, 0.3) is 5.91 Å². The third-order valence-corrected chi connectivity index (χ3v) is 5.75. The van der Waals surface area contributed by atoms with Gasteiger partial charge in [-0.3, -0.25) is 14.6 Å². The predicted octanol–water partition coefficient (Wildman–Crippen LogP) is 5.17. The molecular formula is C25H20Cl2N4O2. The predicted molar refractivity (Wildman–Crippen MR) is 131 cm³/mol. The minimum absolute atomic E-state index is 0.107. The first-order chi connectivity index (χ1) is 16.0. The van der Waals surface area contributed by atoms with Gasteiger partial charge in [0.2, 0.25) is 5.78 Å². The number of halogens is 2. The largest absolute Gasteiger partial charge is 0.385 e. The fourth-order valence-electron chi connectivity index (χ4n) is 3.58. The Bertz CT molecular complexity index is 1300. The van der Waals surface area contributed by atoms with E-state index in [2.05, 4.69) is 15.3 Å². The van der Waals surface area contributed by atoms with Crippen molar-refractivity contribution in [3.63, 3.8) is 0 Å². The summed E-state index contributed by atoms with van der Waals surface area (Å²) >= 11 is 12.2. The maximum Gasteiger partial charge on any atom is 0.255 e. The number of H-pyrrole nitrogens is 1. The maximum atomic E-state index is 13.2. The van der Waals surface area contributed by atoms with E-state index in [1.807, 2.05) is 12.1 Å². The van der Waals surface area contributed by atoms with E-state index in [-0.39, 0.29) is 22.9 Å². The molecule has 166 valence electrons. The lowest BCUT2D eigenvalue weighted by molar-refractivity contribution is 0.0955. The normalized spacial score (nSPS) is 10.7. The molecule has 6 nitrogen and oxygen atoms in total. The van der Waals surface area contributed by atoms with Crippen LogP contribution in [0.4, 0.5) is 5.82 Å². The number of nitrogens with zero attached hydrogens (tertiary/aromatic N) is 1. The quantitative estimate of drug-likeness (QED) is 0.319. The molecule has 2 heterocycles. The first-order valence-corrected chi connectivity index (χ1v) is 10.9. The minimum Gasteiger partial charge on any atom is -0.385 e. The lowest BCUT2D eigenvalue weighted by atomic mass is 9.97. The van der Waals surface area contributed by atoms with Gasteiger partial charge in [0.15, 0.2) is 0 Å². The number of rotatable bonds is 7. The van der Waals surface area contributed by atoms with Crippen LogP contribution in [0.15, 0.2) is 73.1 Å². The van der Waals surface area contributed by atoms with E-state index < -0.39 is 5.91 Å². The first kappa shape index (κ1) is 22.6. The second-order valence-electron chi connectivity index (χ2n) is 7.34. The lowest BCUT2D eigenvalue weighted by Crippen LogP contribution is -2.26. The van der Waals surface area contributed by atoms with E-state index in [1.54, 1.807) is 60.9 Å². The molecule has 0 spiro atoms. The Hall–Kier alpha value is -3.61. The van der Waals surface area contributed by atoms with Gasteiger partial charge in [-0.1, -0.05) is 65.7 Å². The summed E-state index contributed by atoms with van der Waals surface area (Å²) in [6.07, 6.45) is 3.71. The van der Waals surface area contributed by atoms with Crippen LogP contribution in [0.1, 0.15) is 32.0 Å². The lowest BCUT2D eigenvalue weighted by Gasteiger charge is -2.10. The first-order valence-electron chi connectivity index (χ1n) is 10.2. The second kappa shape index (κ2) is 9.90. The van der Waals surface area contributed by atoms with Crippen molar-refractivity contribution in [2.24, 2.45) is 0 Å². The van der Waals surface area contributed by atoms with Crippen molar-refractivity contribution >= 4 is 40.7 Å². The summed E-state index contributed by atoms with van der Waals surface area (Å²) in [6, 6.07) is 17.5. The molecule has 2 aromatic carbocycles. The van der Waals surface area contributed by atoms with Gasteiger partial charge in [-0.2, -0.15) is 0 Å². The monoisotopic (exact) mass is 478 g/mol. The van der Waals surface area contributed by atoms with Gasteiger partial charge < -0.3 is 16.0 Å². The van der Waals surface area contributed by atoms with Crippen molar-refractivity contribution in [1.82, 2.24) is 15.3 Å². The number of anilines is 1. The molecule has 33 heavy (non-hydrogen) atoms. The summed E-state index contributed by atoms with van der Waals surface area (Å²) in [5, 5.41) is 3.95. The summed E-state index contributed by atoms with van der Waals surface area (Å²) in [5.41, 5.74) is 8.99. The van der Waals surface area contributed by atoms with Crippen LogP contribution in [0.25, 0.3) is 11.1 Å². The topological polar surface area (TPSA) is 101 Å². The van der Waals surface area contributed by atoms with Crippen molar-refractivity contribution in [2.75, 3.05) is 12.3 Å². The number of hydrogen-bond acceptors (Lipinski definition) is 4. The minimum atomic E-state index is -0.403. The van der Waals surface area contributed by atoms with Gasteiger partial charge in [-0.15, -0.1) is 0 Å². The van der Waals surface area contributed by atoms with Crippen molar-refractivity contribution < 1.29 is 9.59 Å². The van der Waals surface area contributed by atoms with Gasteiger partial charge in [-0.25, -0.2) is 0 Å². The SMILES string of the molecule is Nc1[nH]c(C(=O)c2ccccc2)c(-c2cccnc2)c1C(=O)NCCc1ccc(Cl)cc1Cl. The molecule has 0 aliphatic rings. The van der Waals surface area contributed by atoms with E-state index in [9.17, 15) is 9.59 Å². The zero-order valence-corrected chi connectivity index (χ0v) is 19.0. The van der Waals surface area contributed by atoms with Crippen molar-refractivity contribution in [2.45, 2.75) is 6.42 Å². The van der Waals surface area contributed by atoms with Crippen LogP contribution in [0.5, 0.6) is 0 Å². The molecule has 4 rings (SSSR count). The average molecular weight is 479 g/mol. The van der Waals surface area contributed by atoms with E-state index in [0.717, 1.165) is 5.56 Å². The standard InChI is InChI=1S/C25H20Cl2N4O2/c26-18-9-8-15(19(27)13-18)10-12-30-25(33)21-20(17-7-4-11-29-14-17)22(31-24(21)28)23(32)16-5-2-1-3-6-16/h1-9,11,13-14,31H,10,12,28H2,(H,30,33). The summed E-state index contributed by atoms with van der Waals surface area (Å²) in [4.78, 5) is 33.5. The smallest absolute Gasteiger partial charge is 0.255 e. The molecule has 0 saturated heterocycles. The van der Waals surface area contributed by atoms with Gasteiger partial charge in [0, 0.05) is 45.7 Å². The zero-order chi connectivity index (χ0) is 23.4. The Labute approximate surface area is 200 Å². The number of nitrogen functional groups attached to an aromatic ring is 1. The zero-order valence-electron chi connectivity index (χ0n) is 17.4. The van der Waals surface area contributed by atoms with Crippen LogP contribution in [0.2, 0.25) is 10.0 Å². The molecule has 4 N–H and O–H groups in total. The van der Waals surface area contributed by atoms with Crippen LogP contribution in [-0.2, 0) is 6.42 Å². The number of carbonyl (C=O) groups excluding carboxylic acids is 2. The van der Waals surface area contributed by atoms with Crippen LogP contribution < -0.4 is 11.1 Å². The fourth-order valence-corrected chi connectivity index (χ4v) is 4.09. The van der Waals surface area contributed by atoms with E-state index in [4.69, 9.17) is 28.9 Å². The molecular weight excluding hydrogens is 459 g/mol. The van der Waals surface area contributed by atoms with E-state index in [0.29, 0.717) is 39.7 Å². The number of nitrogens with one attached hydrogen (secondary N) is 2. The van der Waals surface area contributed by atoms with Crippen LogP contribution in [-0.4, -0.2) is 28.2 Å². The van der Waals surface area contributed by atoms with Crippen molar-refractivity contribution in [3.8, 4) is 11.1 Å². The fraction of sp³-hybridized carbons (Fsp3) is 0.0800. The summed E-state index contributed by atoms with van der Waals surface area (Å²) < 4.78 is 0. The number of amides is 1. The summed E-state index contributed by atoms with van der Waals surface area (Å²) in [5.74, 6) is -0.567. The highest BCUT2D eigenvalue weighted by Crippen LogP contribution is 2.33. The Morgan fingerprint density at radius 2 is 1.82 bits per heavy atom. The Balaban J connectivity index is 1.65. The van der Waals surface area contributed by atoms with Gasteiger partial charge in [-0.05, 0) is 30.2 Å². The number of nitrogens with two attached hydrogens (primary N) is 1. The van der Waals surface area contributed by atoms with Crippen molar-refractivity contribution in [3.05, 3.63) is 105 Å². The molecule has 0 radical (unpaired) electrons. The maximum absolute atomic E-state index is 13.2. The van der Waals surface area contributed by atoms with Crippen molar-refractivity contribution in [1.29, 1.82) is 0 Å². The summed E-state index contributed by atoms with van der Waals surface area (Å²) in [6.45, 7) is 0.319. The third kappa shape index (κ3) is 4.92. The molecule has 4 aromatic rings. The van der Waals surface area contributed by atoms with Crippen LogP contribution in [0.3, 0.4) is 0 Å². The number of aromatic amines is 1. The molecule has 8 heteroatoms. The number of carbonyl (C=O) groups is 2. The van der Waals surface area contributed by atoms with E-state index in [1.165, 1.54) is 0 Å². The van der Waals surface area contributed by atoms with Crippen LogP contribution in [0, 0.1) is 0 Å². The molecule has 0 unspecified atom stereocenters. The molecule has 0 fully saturated rings. The number of hydrogen-bond donors (Lipinski definition) is 3. The molecule has 0 bridgehead atoms. The molecule has 0 saturated carbocycles. The Morgan fingerprint density at radius 3 is 2.52 bits per heavy atom. The molecule has 1 amide bonds. The number of aromatic nitrogens is 2. The third-order valence-electron chi connectivity index (χ3n) is 5.16.